The number of benzene rings is 2. The van der Waals surface area contributed by atoms with E-state index >= 15 is 0 Å². The highest BCUT2D eigenvalue weighted by molar-refractivity contribution is 9.10. The van der Waals surface area contributed by atoms with Gasteiger partial charge < -0.3 is 24.4 Å². The molecule has 1 N–H and O–H groups in total. The minimum absolute atomic E-state index is 0.0548. The van der Waals surface area contributed by atoms with E-state index in [1.54, 1.807) is 52.5 Å². The number of nitrogens with zero attached hydrogens (tertiary/aromatic N) is 2. The van der Waals surface area contributed by atoms with E-state index in [0.717, 1.165) is 42.2 Å². The fraction of sp³-hybridized carbons (Fsp3) is 0.280. The summed E-state index contributed by atoms with van der Waals surface area (Å²) in [5, 5.41) is 8.44. The van der Waals surface area contributed by atoms with E-state index in [-0.39, 0.29) is 21.6 Å². The number of thioether (sulfide) groups is 2. The molecule has 0 atom stereocenters. The van der Waals surface area contributed by atoms with Crippen LogP contribution < -0.4 is 0 Å². The minimum Gasteiger partial charge on any atom is -0.478 e. The number of carboxylic acids is 1. The van der Waals surface area contributed by atoms with Crippen molar-refractivity contribution in [1.82, 2.24) is 9.80 Å². The van der Waals surface area contributed by atoms with Crippen LogP contribution in [0.25, 0.3) is 0 Å². The third-order valence-electron chi connectivity index (χ3n) is 4.64. The van der Waals surface area contributed by atoms with Crippen LogP contribution >= 0.6 is 55.4 Å². The Morgan fingerprint density at radius 1 is 0.725 bits per heavy atom. The Balaban J connectivity index is 0.000000433. The predicted octanol–water partition coefficient (Wildman–Crippen LogP) is 5.29. The van der Waals surface area contributed by atoms with Crippen molar-refractivity contribution in [3.05, 3.63) is 56.5 Å². The van der Waals surface area contributed by atoms with E-state index in [9.17, 15) is 28.8 Å². The molecule has 0 aliphatic carbocycles. The predicted molar refractivity (Wildman–Crippen MR) is 157 cm³/mol. The topological polar surface area (TPSA) is 148 Å². The maximum atomic E-state index is 12.7. The molecule has 0 bridgehead atoms. The Kier molecular flexibility index (Phi) is 14.4. The molecule has 11 nitrogen and oxygen atoms in total. The van der Waals surface area contributed by atoms with Gasteiger partial charge in [0.25, 0.3) is 10.5 Å². The molecular formula is C25H26Br2N2O9S2. The molecule has 2 rings (SSSR count). The van der Waals surface area contributed by atoms with Gasteiger partial charge in [0, 0.05) is 52.5 Å². The lowest BCUT2D eigenvalue weighted by Gasteiger charge is -2.15. The van der Waals surface area contributed by atoms with Crippen molar-refractivity contribution >= 4 is 89.6 Å². The summed E-state index contributed by atoms with van der Waals surface area (Å²) in [5.74, 6) is -5.62. The van der Waals surface area contributed by atoms with Gasteiger partial charge >= 0.3 is 17.9 Å². The Morgan fingerprint density at radius 2 is 1.10 bits per heavy atom. The zero-order valence-electron chi connectivity index (χ0n) is 22.2. The van der Waals surface area contributed by atoms with Gasteiger partial charge in [-0.3, -0.25) is 24.0 Å². The summed E-state index contributed by atoms with van der Waals surface area (Å²) in [6.07, 6.45) is 0. The van der Waals surface area contributed by atoms with Crippen LogP contribution in [0.15, 0.2) is 55.1 Å². The smallest absolute Gasteiger partial charge is 0.336 e. The van der Waals surface area contributed by atoms with E-state index in [0.29, 0.717) is 14.3 Å². The van der Waals surface area contributed by atoms with E-state index in [1.165, 1.54) is 21.9 Å². The highest BCUT2D eigenvalue weighted by Crippen LogP contribution is 2.31. The van der Waals surface area contributed by atoms with Crippen LogP contribution in [0, 0.1) is 5.92 Å². The molecule has 0 radical (unpaired) electrons. The van der Waals surface area contributed by atoms with Crippen LogP contribution in [-0.4, -0.2) is 91.5 Å². The van der Waals surface area contributed by atoms with Gasteiger partial charge in [-0.1, -0.05) is 31.9 Å². The van der Waals surface area contributed by atoms with Gasteiger partial charge in [-0.05, 0) is 59.9 Å². The van der Waals surface area contributed by atoms with Gasteiger partial charge in [-0.25, -0.2) is 4.79 Å². The molecule has 0 saturated carbocycles. The number of esters is 2. The summed E-state index contributed by atoms with van der Waals surface area (Å²) in [7, 11) is 8.51. The maximum Gasteiger partial charge on any atom is 0.336 e. The molecule has 0 fully saturated rings. The van der Waals surface area contributed by atoms with Crippen LogP contribution in [0.1, 0.15) is 20.7 Å². The Hall–Kier alpha value is -2.88. The average molecular weight is 722 g/mol. The monoisotopic (exact) mass is 720 g/mol. The highest BCUT2D eigenvalue weighted by atomic mass is 79.9. The fourth-order valence-electron chi connectivity index (χ4n) is 2.61. The molecule has 2 aromatic rings. The summed E-state index contributed by atoms with van der Waals surface area (Å²) in [4.78, 5) is 74.1. The lowest BCUT2D eigenvalue weighted by Crippen LogP contribution is -2.34. The number of Topliss-reactive ketones (excluding diaryl/α,β-unsaturated/α-hetero) is 1. The fourth-order valence-corrected chi connectivity index (χ4v) is 5.30. The summed E-state index contributed by atoms with van der Waals surface area (Å²) >= 11 is 8.21. The van der Waals surface area contributed by atoms with Gasteiger partial charge in [0.15, 0.2) is 5.78 Å². The molecule has 15 heteroatoms. The quantitative estimate of drug-likeness (QED) is 0.172. The van der Waals surface area contributed by atoms with Crippen molar-refractivity contribution in [2.75, 3.05) is 42.4 Å². The number of methoxy groups -OCH3 is 2. The SMILES string of the molecule is CN(C)C(=O)Sc1cc(Br)ccc1C(=O)O.COC(=O)C(C(=O)OC)C(=O)c1ccc(Br)cc1SC(=O)N(C)C. The molecule has 0 aromatic heterocycles. The zero-order valence-corrected chi connectivity index (χ0v) is 27.0. The number of carbonyl (C=O) groups excluding carboxylic acids is 5. The zero-order chi connectivity index (χ0) is 30.7. The lowest BCUT2D eigenvalue weighted by atomic mass is 9.97. The Morgan fingerprint density at radius 3 is 1.45 bits per heavy atom. The van der Waals surface area contributed by atoms with Gasteiger partial charge in [0.05, 0.1) is 19.8 Å². The summed E-state index contributed by atoms with van der Waals surface area (Å²) in [5.41, 5.74) is 0.183. The maximum absolute atomic E-state index is 12.7. The van der Waals surface area contributed by atoms with E-state index in [4.69, 9.17) is 5.11 Å². The van der Waals surface area contributed by atoms with Gasteiger partial charge in [-0.2, -0.15) is 0 Å². The molecule has 0 aliphatic rings. The van der Waals surface area contributed by atoms with Crippen LogP contribution in [-0.2, 0) is 19.1 Å². The summed E-state index contributed by atoms with van der Waals surface area (Å²) in [6, 6.07) is 9.28. The first-order chi connectivity index (χ1) is 18.6. The number of carbonyl (C=O) groups is 6. The first kappa shape index (κ1) is 35.1. The number of rotatable bonds is 7. The molecule has 40 heavy (non-hydrogen) atoms. The molecule has 0 heterocycles. The molecular weight excluding hydrogens is 696 g/mol. The van der Waals surface area contributed by atoms with Crippen LogP contribution in [0.5, 0.6) is 0 Å². The number of ether oxygens (including phenoxy) is 2. The average Bonchev–Trinajstić information content (AvgIpc) is 2.88. The minimum atomic E-state index is -1.74. The van der Waals surface area contributed by atoms with Gasteiger partial charge in [0.1, 0.15) is 0 Å². The van der Waals surface area contributed by atoms with Crippen molar-refractivity contribution < 1.29 is 43.3 Å². The van der Waals surface area contributed by atoms with Crippen molar-refractivity contribution in [3.8, 4) is 0 Å². The van der Waals surface area contributed by atoms with Crippen LogP contribution in [0.4, 0.5) is 9.59 Å². The molecule has 2 amide bonds. The Bertz CT molecular complexity index is 1290. The molecule has 216 valence electrons. The van der Waals surface area contributed by atoms with E-state index in [2.05, 4.69) is 41.3 Å². The Labute approximate surface area is 256 Å². The number of halogens is 2. The number of ketones is 1. The standard InChI is InChI=1S/C15H16BrNO6S.C10H10BrNO3S/c1-17(2)15(21)24-10-7-8(16)5-6-9(10)12(18)11(13(19)22-3)14(20)23-4;1-12(2)10(15)16-8-5-6(11)3-4-7(8)9(13)14/h5-7,11H,1-4H3;3-5H,1-2H3,(H,13,14). The number of carboxylic acid groups (broad SMARTS) is 1. The van der Waals surface area contributed by atoms with Crippen molar-refractivity contribution in [2.24, 2.45) is 5.92 Å². The van der Waals surface area contributed by atoms with E-state index in [1.807, 2.05) is 0 Å². The molecule has 0 aliphatic heterocycles. The first-order valence-corrected chi connectivity index (χ1v) is 14.2. The normalized spacial score (nSPS) is 10.1. The molecule has 0 spiro atoms. The van der Waals surface area contributed by atoms with E-state index < -0.39 is 29.6 Å². The molecule has 0 unspecified atom stereocenters. The second kappa shape index (κ2) is 16.4. The van der Waals surface area contributed by atoms with Crippen LogP contribution in [0.2, 0.25) is 0 Å². The molecule has 0 saturated heterocycles. The van der Waals surface area contributed by atoms with Crippen molar-refractivity contribution in [2.45, 2.75) is 9.79 Å². The number of aromatic carboxylic acids is 1. The van der Waals surface area contributed by atoms with Crippen molar-refractivity contribution in [3.63, 3.8) is 0 Å². The summed E-state index contributed by atoms with van der Waals surface area (Å²) < 4.78 is 10.4. The second-order valence-corrected chi connectivity index (χ2v) is 11.8. The number of hydrogen-bond acceptors (Lipinski definition) is 10. The third-order valence-corrected chi connectivity index (χ3v) is 7.83. The van der Waals surface area contributed by atoms with Gasteiger partial charge in [-0.15, -0.1) is 0 Å². The largest absolute Gasteiger partial charge is 0.478 e. The first-order valence-electron chi connectivity index (χ1n) is 10.9. The summed E-state index contributed by atoms with van der Waals surface area (Å²) in [6.45, 7) is 0. The number of hydrogen-bond donors (Lipinski definition) is 1. The van der Waals surface area contributed by atoms with Crippen molar-refractivity contribution in [1.29, 1.82) is 0 Å². The highest BCUT2D eigenvalue weighted by Gasteiger charge is 2.38. The number of amides is 2. The second-order valence-electron chi connectivity index (χ2n) is 7.95. The van der Waals surface area contributed by atoms with Gasteiger partial charge in [0.2, 0.25) is 5.92 Å². The third kappa shape index (κ3) is 10.3. The lowest BCUT2D eigenvalue weighted by molar-refractivity contribution is -0.155. The molecule has 2 aromatic carbocycles. The van der Waals surface area contributed by atoms with Crippen LogP contribution in [0.3, 0.4) is 0 Å².